The predicted octanol–water partition coefficient (Wildman–Crippen LogP) is 4.07. The summed E-state index contributed by atoms with van der Waals surface area (Å²) < 4.78 is 79.4. The van der Waals surface area contributed by atoms with Crippen molar-refractivity contribution in [2.24, 2.45) is 0 Å². The summed E-state index contributed by atoms with van der Waals surface area (Å²) in [5, 5.41) is 1.79. The van der Waals surface area contributed by atoms with Gasteiger partial charge in [-0.3, -0.25) is 0 Å². The molecule has 0 aliphatic heterocycles. The number of methoxy groups -OCH3 is 1. The molecule has 0 saturated carbocycles. The molecule has 1 N–H and O–H groups in total. The summed E-state index contributed by atoms with van der Waals surface area (Å²) in [6, 6.07) is 1.06. The van der Waals surface area contributed by atoms with Gasteiger partial charge in [-0.25, -0.2) is 0 Å². The predicted molar refractivity (Wildman–Crippen MR) is 59.7 cm³/mol. The van der Waals surface area contributed by atoms with Gasteiger partial charge in [0.1, 0.15) is 0 Å². The monoisotopic (exact) mass is 303 g/mol. The smallest absolute Gasteiger partial charge is 0.416 e. The van der Waals surface area contributed by atoms with Crippen LogP contribution in [-0.4, -0.2) is 12.3 Å². The number of rotatable bonds is 1. The van der Waals surface area contributed by atoms with Crippen LogP contribution < -0.4 is 5.32 Å². The first-order valence-electron chi connectivity index (χ1n) is 4.68. The molecule has 0 saturated heterocycles. The van der Waals surface area contributed by atoms with E-state index in [2.05, 4.69) is 22.3 Å². The quantitative estimate of drug-likeness (QED) is 0.624. The van der Waals surface area contributed by atoms with E-state index >= 15 is 0 Å². The van der Waals surface area contributed by atoms with Gasteiger partial charge in [-0.15, -0.1) is 0 Å². The third-order valence-corrected chi connectivity index (χ3v) is 2.29. The summed E-state index contributed by atoms with van der Waals surface area (Å²) in [6.07, 6.45) is -9.79. The molecule has 1 rings (SSSR count). The van der Waals surface area contributed by atoms with E-state index in [9.17, 15) is 26.3 Å². The first-order chi connectivity index (χ1) is 8.54. The van der Waals surface area contributed by atoms with Crippen molar-refractivity contribution in [3.63, 3.8) is 0 Å². The first kappa shape index (κ1) is 15.5. The van der Waals surface area contributed by atoms with Crippen molar-refractivity contribution in [3.05, 3.63) is 29.3 Å². The SMILES string of the molecule is COC(=S)Nc1cc(C(F)(F)F)cc(C(F)(F)F)c1. The highest BCUT2D eigenvalue weighted by molar-refractivity contribution is 7.80. The Morgan fingerprint density at radius 3 is 1.74 bits per heavy atom. The summed E-state index contributed by atoms with van der Waals surface area (Å²) in [5.41, 5.74) is -3.30. The Labute approximate surface area is 109 Å². The van der Waals surface area contributed by atoms with Crippen molar-refractivity contribution >= 4 is 23.1 Å². The van der Waals surface area contributed by atoms with Gasteiger partial charge in [0.2, 0.25) is 0 Å². The van der Waals surface area contributed by atoms with Crippen molar-refractivity contribution in [1.82, 2.24) is 0 Å². The number of halogens is 6. The molecule has 0 aromatic heterocycles. The Hall–Kier alpha value is -1.51. The average molecular weight is 303 g/mol. The molecule has 0 spiro atoms. The van der Waals surface area contributed by atoms with E-state index in [1.807, 2.05) is 0 Å². The van der Waals surface area contributed by atoms with Gasteiger partial charge in [0.25, 0.3) is 5.17 Å². The van der Waals surface area contributed by atoms with E-state index in [0.717, 1.165) is 7.11 Å². The molecule has 0 amide bonds. The van der Waals surface area contributed by atoms with Crippen LogP contribution in [0.15, 0.2) is 18.2 Å². The molecule has 106 valence electrons. The normalized spacial score (nSPS) is 12.2. The number of alkyl halides is 6. The van der Waals surface area contributed by atoms with E-state index < -0.39 is 29.2 Å². The van der Waals surface area contributed by atoms with Crippen molar-refractivity contribution in [2.45, 2.75) is 12.4 Å². The lowest BCUT2D eigenvalue weighted by molar-refractivity contribution is -0.143. The molecule has 0 aliphatic carbocycles. The second kappa shape index (κ2) is 5.24. The van der Waals surface area contributed by atoms with Gasteiger partial charge in [0.05, 0.1) is 18.2 Å². The second-order valence-electron chi connectivity index (χ2n) is 3.41. The van der Waals surface area contributed by atoms with Crippen LogP contribution in [0, 0.1) is 0 Å². The zero-order valence-corrected chi connectivity index (χ0v) is 10.1. The molecule has 0 fully saturated rings. The molecule has 1 aromatic carbocycles. The van der Waals surface area contributed by atoms with Crippen molar-refractivity contribution in [3.8, 4) is 0 Å². The Kier molecular flexibility index (Phi) is 4.28. The maximum atomic E-state index is 12.5. The summed E-state index contributed by atoms with van der Waals surface area (Å²) in [5.74, 6) is 0. The average Bonchev–Trinajstić information content (AvgIpc) is 2.26. The lowest BCUT2D eigenvalue weighted by Gasteiger charge is -2.15. The largest absolute Gasteiger partial charge is 0.474 e. The Morgan fingerprint density at radius 1 is 1.00 bits per heavy atom. The molecule has 2 nitrogen and oxygen atoms in total. The molecular formula is C10H7F6NOS. The third kappa shape index (κ3) is 4.27. The van der Waals surface area contributed by atoms with Gasteiger partial charge >= 0.3 is 12.4 Å². The van der Waals surface area contributed by atoms with Crippen molar-refractivity contribution in [1.29, 1.82) is 0 Å². The van der Waals surface area contributed by atoms with Gasteiger partial charge in [0, 0.05) is 5.69 Å². The molecule has 0 bridgehead atoms. The molecular weight excluding hydrogens is 296 g/mol. The summed E-state index contributed by atoms with van der Waals surface area (Å²) in [4.78, 5) is 0. The van der Waals surface area contributed by atoms with Crippen LogP contribution in [0.25, 0.3) is 0 Å². The summed E-state index contributed by atoms with van der Waals surface area (Å²) in [6.45, 7) is 0. The lowest BCUT2D eigenvalue weighted by atomic mass is 10.1. The van der Waals surface area contributed by atoms with Crippen LogP contribution in [0.3, 0.4) is 0 Å². The van der Waals surface area contributed by atoms with Crippen LogP contribution in [-0.2, 0) is 17.1 Å². The number of hydrogen-bond donors (Lipinski definition) is 1. The van der Waals surface area contributed by atoms with Gasteiger partial charge in [-0.05, 0) is 30.4 Å². The Balaban J connectivity index is 3.29. The topological polar surface area (TPSA) is 21.3 Å². The number of ether oxygens (including phenoxy) is 1. The highest BCUT2D eigenvalue weighted by atomic mass is 32.1. The number of benzene rings is 1. The second-order valence-corrected chi connectivity index (χ2v) is 3.78. The van der Waals surface area contributed by atoms with E-state index in [0.29, 0.717) is 12.1 Å². The van der Waals surface area contributed by atoms with Crippen molar-refractivity contribution in [2.75, 3.05) is 12.4 Å². The number of thiocarbonyl (C=S) groups is 1. The maximum Gasteiger partial charge on any atom is 0.416 e. The molecule has 0 unspecified atom stereocenters. The molecule has 0 radical (unpaired) electrons. The van der Waals surface area contributed by atoms with Crippen LogP contribution in [0.5, 0.6) is 0 Å². The van der Waals surface area contributed by atoms with Gasteiger partial charge in [0.15, 0.2) is 0 Å². The number of nitrogens with one attached hydrogen (secondary N) is 1. The summed E-state index contributed by atoms with van der Waals surface area (Å²) >= 11 is 4.51. The van der Waals surface area contributed by atoms with E-state index in [4.69, 9.17) is 0 Å². The van der Waals surface area contributed by atoms with E-state index in [-0.39, 0.29) is 11.2 Å². The minimum Gasteiger partial charge on any atom is -0.474 e. The third-order valence-electron chi connectivity index (χ3n) is 2.02. The fourth-order valence-corrected chi connectivity index (χ4v) is 1.31. The minimum atomic E-state index is -4.90. The lowest BCUT2D eigenvalue weighted by Crippen LogP contribution is -2.15. The zero-order valence-electron chi connectivity index (χ0n) is 9.32. The Bertz CT molecular complexity index is 450. The van der Waals surface area contributed by atoms with Crippen LogP contribution in [0.4, 0.5) is 32.0 Å². The van der Waals surface area contributed by atoms with Crippen LogP contribution in [0.2, 0.25) is 0 Å². The molecule has 19 heavy (non-hydrogen) atoms. The fourth-order valence-electron chi connectivity index (χ4n) is 1.20. The van der Waals surface area contributed by atoms with Crippen molar-refractivity contribution < 1.29 is 31.1 Å². The highest BCUT2D eigenvalue weighted by Crippen LogP contribution is 2.37. The van der Waals surface area contributed by atoms with Gasteiger partial charge < -0.3 is 10.1 Å². The highest BCUT2D eigenvalue weighted by Gasteiger charge is 2.36. The first-order valence-corrected chi connectivity index (χ1v) is 5.09. The molecule has 0 atom stereocenters. The van der Waals surface area contributed by atoms with E-state index in [1.54, 1.807) is 0 Å². The fraction of sp³-hybridized carbons (Fsp3) is 0.300. The molecule has 9 heteroatoms. The van der Waals surface area contributed by atoms with E-state index in [1.165, 1.54) is 0 Å². The van der Waals surface area contributed by atoms with Gasteiger partial charge in [-0.1, -0.05) is 0 Å². The summed E-state index contributed by atoms with van der Waals surface area (Å²) in [7, 11) is 1.13. The zero-order chi connectivity index (χ0) is 14.8. The Morgan fingerprint density at radius 2 is 1.42 bits per heavy atom. The molecule has 1 aromatic rings. The molecule has 0 aliphatic rings. The minimum absolute atomic E-state index is 0.0288. The van der Waals surface area contributed by atoms with Crippen LogP contribution in [0.1, 0.15) is 11.1 Å². The maximum absolute atomic E-state index is 12.5. The number of anilines is 1. The molecule has 0 heterocycles. The van der Waals surface area contributed by atoms with Crippen LogP contribution >= 0.6 is 12.2 Å². The van der Waals surface area contributed by atoms with Gasteiger partial charge in [-0.2, -0.15) is 26.3 Å². The number of hydrogen-bond acceptors (Lipinski definition) is 2. The standard InChI is InChI=1S/C10H7F6NOS/c1-18-8(19)17-7-3-5(9(11,12)13)2-6(4-7)10(14,15)16/h2-4H,1H3,(H,17,19).